The van der Waals surface area contributed by atoms with Gasteiger partial charge in [0.05, 0.1) is 0 Å². The molecule has 0 aromatic heterocycles. The third kappa shape index (κ3) is 8.57. The summed E-state index contributed by atoms with van der Waals surface area (Å²) in [7, 11) is 0. The first kappa shape index (κ1) is 15.7. The molecule has 0 unspecified atom stereocenters. The van der Waals surface area contributed by atoms with Crippen LogP contribution in [0.3, 0.4) is 0 Å². The van der Waals surface area contributed by atoms with Crippen molar-refractivity contribution in [1.29, 1.82) is 0 Å². The summed E-state index contributed by atoms with van der Waals surface area (Å²) in [6.45, 7) is 6.13. The van der Waals surface area contributed by atoms with Crippen LogP contribution in [0.1, 0.15) is 33.6 Å². The molecule has 3 nitrogen and oxygen atoms in total. The van der Waals surface area contributed by atoms with Crippen molar-refractivity contribution in [2.24, 2.45) is 5.41 Å². The normalized spacial score (nSPS) is 10.1. The van der Waals surface area contributed by atoms with Gasteiger partial charge < -0.3 is 10.1 Å². The minimum Gasteiger partial charge on any atom is -0.542 e. The molecule has 0 rings (SSSR count). The van der Waals surface area contributed by atoms with Gasteiger partial charge in [-0.1, -0.05) is 27.2 Å². The van der Waals surface area contributed by atoms with Gasteiger partial charge >= 0.3 is 0 Å². The van der Waals surface area contributed by atoms with Gasteiger partial charge in [0.15, 0.2) is 0 Å². The maximum Gasteiger partial charge on any atom is 0.225 e. The van der Waals surface area contributed by atoms with Crippen LogP contribution < -0.4 is 5.32 Å². The van der Waals surface area contributed by atoms with E-state index in [0.29, 0.717) is 19.4 Å². The van der Waals surface area contributed by atoms with E-state index >= 15 is 0 Å². The second-order valence-corrected chi connectivity index (χ2v) is 3.75. The van der Waals surface area contributed by atoms with E-state index in [1.807, 2.05) is 20.8 Å². The molecule has 0 saturated carbocycles. The van der Waals surface area contributed by atoms with Crippen LogP contribution >= 0.6 is 0 Å². The Morgan fingerprint density at radius 1 is 1.38 bits per heavy atom. The number of nitrogens with one attached hydrogen (secondary N) is 1. The van der Waals surface area contributed by atoms with E-state index in [-0.39, 0.29) is 44.0 Å². The molecule has 0 aromatic carbocycles. The molecule has 0 heterocycles. The van der Waals surface area contributed by atoms with Gasteiger partial charge in [0, 0.05) is 44.7 Å². The molecular weight excluding hydrogens is 243 g/mol. The van der Waals surface area contributed by atoms with Gasteiger partial charge in [-0.3, -0.25) is 11.1 Å². The summed E-state index contributed by atoms with van der Waals surface area (Å²) in [6.07, 6.45) is 2.84. The van der Waals surface area contributed by atoms with Crippen molar-refractivity contribution in [2.45, 2.75) is 33.6 Å². The van der Waals surface area contributed by atoms with Crippen LogP contribution in [-0.2, 0) is 42.3 Å². The molecule has 73 valence electrons. The van der Waals surface area contributed by atoms with E-state index in [1.165, 1.54) is 0 Å². The fraction of sp³-hybridized carbons (Fsp3) is 0.778. The Balaban J connectivity index is 0. The van der Waals surface area contributed by atoms with E-state index in [9.17, 15) is 9.59 Å². The van der Waals surface area contributed by atoms with Gasteiger partial charge in [-0.25, -0.2) is 0 Å². The van der Waals surface area contributed by atoms with Crippen molar-refractivity contribution >= 4 is 12.2 Å². The van der Waals surface area contributed by atoms with Crippen LogP contribution in [0.15, 0.2) is 0 Å². The Bertz CT molecular complexity index is 163. The molecule has 0 aliphatic carbocycles. The van der Waals surface area contributed by atoms with Crippen LogP contribution in [0, 0.1) is 5.41 Å². The summed E-state index contributed by atoms with van der Waals surface area (Å²) < 4.78 is 0. The van der Waals surface area contributed by atoms with Crippen molar-refractivity contribution in [3.8, 4) is 0 Å². The summed E-state index contributed by atoms with van der Waals surface area (Å²) in [6, 6.07) is 0. The third-order valence-electron chi connectivity index (χ3n) is 1.42. The zero-order valence-corrected chi connectivity index (χ0v) is 11.4. The number of hydrogen-bond acceptors (Lipinski definition) is 2. The summed E-state index contributed by atoms with van der Waals surface area (Å²) in [4.78, 5) is 21.0. The van der Waals surface area contributed by atoms with Crippen LogP contribution in [0.5, 0.6) is 0 Å². The Hall–Kier alpha value is 0.244. The van der Waals surface area contributed by atoms with E-state index in [4.69, 9.17) is 0 Å². The topological polar surface area (TPSA) is 46.2 Å². The molecular formula is C9H16NO2Y-. The Morgan fingerprint density at radius 2 is 1.92 bits per heavy atom. The number of hydrogen-bond donors (Lipinski definition) is 1. The van der Waals surface area contributed by atoms with Crippen molar-refractivity contribution < 1.29 is 42.3 Å². The Labute approximate surface area is 105 Å². The van der Waals surface area contributed by atoms with Crippen LogP contribution in [-0.4, -0.2) is 18.7 Å². The van der Waals surface area contributed by atoms with Gasteiger partial charge in [-0.05, 0) is 0 Å². The molecule has 1 amide bonds. The van der Waals surface area contributed by atoms with Crippen LogP contribution in [0.4, 0.5) is 0 Å². The standard InChI is InChI=1S/C9H16NO2.Y/c1-9(2,3)8(12)10-6-4-5-7-11;/h4-6H2,1-3H3,(H,10,12);/q-1;. The molecule has 0 saturated heterocycles. The molecule has 0 bridgehead atoms. The predicted octanol–water partition coefficient (Wildman–Crippen LogP) is 1.04. The SMILES string of the molecule is CC(C)(C)C(=O)NCCC[C-]=O.[Y]. The minimum absolute atomic E-state index is 0. The zero-order valence-electron chi connectivity index (χ0n) is 8.52. The van der Waals surface area contributed by atoms with Crippen LogP contribution in [0.2, 0.25) is 0 Å². The summed E-state index contributed by atoms with van der Waals surface area (Å²) in [5.74, 6) is 0.0217. The van der Waals surface area contributed by atoms with Crippen LogP contribution in [0.25, 0.3) is 0 Å². The number of carbonyl (C=O) groups excluding carboxylic acids is 2. The molecule has 4 heteroatoms. The van der Waals surface area contributed by atoms with E-state index in [0.717, 1.165) is 0 Å². The van der Waals surface area contributed by atoms with Gasteiger partial charge in [0.25, 0.3) is 0 Å². The van der Waals surface area contributed by atoms with Crippen molar-refractivity contribution in [3.63, 3.8) is 0 Å². The molecule has 1 radical (unpaired) electrons. The maximum absolute atomic E-state index is 11.2. The van der Waals surface area contributed by atoms with Crippen molar-refractivity contribution in [1.82, 2.24) is 5.32 Å². The number of amides is 1. The number of unbranched alkanes of at least 4 members (excludes halogenated alkanes) is 1. The van der Waals surface area contributed by atoms with Crippen molar-refractivity contribution in [3.05, 3.63) is 0 Å². The number of carbonyl (C=O) groups is 1. The summed E-state index contributed by atoms with van der Waals surface area (Å²) in [5, 5.41) is 2.74. The fourth-order valence-corrected chi connectivity index (χ4v) is 0.628. The summed E-state index contributed by atoms with van der Waals surface area (Å²) >= 11 is 0. The Kier molecular flexibility index (Phi) is 9.22. The predicted molar refractivity (Wildman–Crippen MR) is 47.4 cm³/mol. The average molecular weight is 259 g/mol. The first-order chi connectivity index (χ1) is 5.48. The molecule has 0 spiro atoms. The van der Waals surface area contributed by atoms with E-state index in [1.54, 1.807) is 6.29 Å². The van der Waals surface area contributed by atoms with Gasteiger partial charge in [-0.15, -0.1) is 0 Å². The molecule has 0 aromatic rings. The van der Waals surface area contributed by atoms with Gasteiger partial charge in [0.1, 0.15) is 0 Å². The van der Waals surface area contributed by atoms with Crippen molar-refractivity contribution in [2.75, 3.05) is 6.54 Å². The smallest absolute Gasteiger partial charge is 0.225 e. The largest absolute Gasteiger partial charge is 0.542 e. The Morgan fingerprint density at radius 3 is 2.31 bits per heavy atom. The summed E-state index contributed by atoms with van der Waals surface area (Å²) in [5.41, 5.74) is -0.342. The van der Waals surface area contributed by atoms with E-state index in [2.05, 4.69) is 5.32 Å². The molecule has 1 N–H and O–H groups in total. The molecule has 13 heavy (non-hydrogen) atoms. The molecule has 0 fully saturated rings. The zero-order chi connectivity index (χ0) is 9.61. The second-order valence-electron chi connectivity index (χ2n) is 3.75. The first-order valence-corrected chi connectivity index (χ1v) is 4.12. The maximum atomic E-state index is 11.2. The molecule has 0 aliphatic rings. The van der Waals surface area contributed by atoms with E-state index < -0.39 is 0 Å². The van der Waals surface area contributed by atoms with Gasteiger partial charge in [-0.2, -0.15) is 6.42 Å². The molecule has 0 aliphatic heterocycles. The quantitative estimate of drug-likeness (QED) is 0.605. The number of rotatable bonds is 4. The first-order valence-electron chi connectivity index (χ1n) is 4.12. The average Bonchev–Trinajstić information content (AvgIpc) is 1.96. The monoisotopic (exact) mass is 259 g/mol. The minimum atomic E-state index is -0.342. The fourth-order valence-electron chi connectivity index (χ4n) is 0.628. The molecule has 0 atom stereocenters. The van der Waals surface area contributed by atoms with Gasteiger partial charge in [0.2, 0.25) is 5.91 Å². The third-order valence-corrected chi connectivity index (χ3v) is 1.42. The second kappa shape index (κ2) is 7.63.